The van der Waals surface area contributed by atoms with E-state index in [1.165, 1.54) is 6.07 Å². The van der Waals surface area contributed by atoms with Gasteiger partial charge < -0.3 is 10.4 Å². The molecule has 0 unspecified atom stereocenters. The molecule has 1 radical (unpaired) electrons. The molecule has 0 bridgehead atoms. The van der Waals surface area contributed by atoms with Gasteiger partial charge in [0.05, 0.1) is 16.8 Å². The molecule has 0 amide bonds. The van der Waals surface area contributed by atoms with E-state index in [9.17, 15) is 14.7 Å². The van der Waals surface area contributed by atoms with Gasteiger partial charge in [0.1, 0.15) is 5.75 Å². The van der Waals surface area contributed by atoms with Gasteiger partial charge in [-0.15, -0.1) is 0 Å². The number of hydrogen-bond acceptors (Lipinski definition) is 4. The summed E-state index contributed by atoms with van der Waals surface area (Å²) < 4.78 is 0. The third kappa shape index (κ3) is 2.08. The summed E-state index contributed by atoms with van der Waals surface area (Å²) in [6.45, 7) is 0. The Morgan fingerprint density at radius 2 is 1.42 bits per heavy atom. The highest BCUT2D eigenvalue weighted by Gasteiger charge is 2.33. The first kappa shape index (κ1) is 14.2. The maximum Gasteiger partial charge on any atom is 0.198 e. The van der Waals surface area contributed by atoms with Crippen molar-refractivity contribution in [3.63, 3.8) is 0 Å². The highest BCUT2D eigenvalue weighted by Crippen LogP contribution is 2.37. The van der Waals surface area contributed by atoms with Crippen LogP contribution in [-0.2, 0) is 0 Å². The van der Waals surface area contributed by atoms with Gasteiger partial charge in [-0.1, -0.05) is 36.4 Å². The number of phenolic OH excluding ortho intramolecular Hbond substituents is 1. The van der Waals surface area contributed by atoms with Crippen molar-refractivity contribution in [3.05, 3.63) is 89.0 Å². The summed E-state index contributed by atoms with van der Waals surface area (Å²) in [6.07, 6.45) is 0. The molecule has 0 saturated carbocycles. The Bertz CT molecular complexity index is 977. The monoisotopic (exact) mass is 314 g/mol. The van der Waals surface area contributed by atoms with Crippen LogP contribution in [0, 0.1) is 6.07 Å². The highest BCUT2D eigenvalue weighted by molar-refractivity contribution is 6.31. The van der Waals surface area contributed by atoms with Crippen LogP contribution in [0.15, 0.2) is 60.7 Å². The minimum absolute atomic E-state index is 0.0474. The van der Waals surface area contributed by atoms with Crippen LogP contribution in [0.2, 0.25) is 0 Å². The van der Waals surface area contributed by atoms with Crippen molar-refractivity contribution < 1.29 is 14.7 Å². The Labute approximate surface area is 138 Å². The molecule has 4 nitrogen and oxygen atoms in total. The number of nitrogens with one attached hydrogen (secondary N) is 1. The Morgan fingerprint density at radius 1 is 0.792 bits per heavy atom. The second-order valence-corrected chi connectivity index (χ2v) is 5.50. The molecule has 4 heteroatoms. The van der Waals surface area contributed by atoms with Crippen LogP contribution in [-0.4, -0.2) is 16.7 Å². The number of rotatable bonds is 2. The van der Waals surface area contributed by atoms with Crippen LogP contribution in [0.3, 0.4) is 0 Å². The molecule has 0 saturated heterocycles. The van der Waals surface area contributed by atoms with Crippen molar-refractivity contribution in [1.82, 2.24) is 0 Å². The molecule has 2 N–H and O–H groups in total. The maximum absolute atomic E-state index is 12.9. The number of ketones is 2. The lowest BCUT2D eigenvalue weighted by Gasteiger charge is -2.21. The second kappa shape index (κ2) is 5.35. The largest absolute Gasteiger partial charge is 0.507 e. The van der Waals surface area contributed by atoms with E-state index in [1.54, 1.807) is 42.5 Å². The minimum Gasteiger partial charge on any atom is -0.507 e. The quantitative estimate of drug-likeness (QED) is 0.554. The molecule has 0 aromatic heterocycles. The summed E-state index contributed by atoms with van der Waals surface area (Å²) in [4.78, 5) is 25.6. The standard InChI is InChI=1S/C20H12NO3/c22-16-11-10-15(21-12-6-2-1-3-7-12)17-18(16)20(24)14-9-5-4-8-13(14)19(17)23/h2-11,21-22H. The number of phenols is 1. The predicted octanol–water partition coefficient (Wildman–Crippen LogP) is 3.71. The van der Waals surface area contributed by atoms with Crippen LogP contribution in [0.4, 0.5) is 11.4 Å². The molecular formula is C20H12NO3. The van der Waals surface area contributed by atoms with E-state index in [4.69, 9.17) is 0 Å². The van der Waals surface area contributed by atoms with Crippen molar-refractivity contribution in [1.29, 1.82) is 0 Å². The van der Waals surface area contributed by atoms with Crippen LogP contribution in [0.25, 0.3) is 0 Å². The molecule has 115 valence electrons. The first-order chi connectivity index (χ1) is 11.7. The number of anilines is 2. The summed E-state index contributed by atoms with van der Waals surface area (Å²) in [7, 11) is 0. The normalized spacial score (nSPS) is 12.5. The molecular weight excluding hydrogens is 302 g/mol. The molecule has 3 aromatic rings. The lowest BCUT2D eigenvalue weighted by atomic mass is 9.82. The van der Waals surface area contributed by atoms with Gasteiger partial charge in [0, 0.05) is 16.8 Å². The smallest absolute Gasteiger partial charge is 0.198 e. The summed E-state index contributed by atoms with van der Waals surface area (Å²) in [5.41, 5.74) is 2.17. The third-order valence-electron chi connectivity index (χ3n) is 4.05. The Balaban J connectivity index is 1.92. The number of fused-ring (bicyclic) bond motifs is 2. The van der Waals surface area contributed by atoms with Gasteiger partial charge in [0.2, 0.25) is 0 Å². The van der Waals surface area contributed by atoms with E-state index in [1.807, 2.05) is 12.1 Å². The van der Waals surface area contributed by atoms with Crippen LogP contribution < -0.4 is 5.32 Å². The zero-order valence-corrected chi connectivity index (χ0v) is 12.5. The van der Waals surface area contributed by atoms with E-state index in [2.05, 4.69) is 11.4 Å². The fraction of sp³-hybridized carbons (Fsp3) is 0. The van der Waals surface area contributed by atoms with Crippen molar-refractivity contribution in [3.8, 4) is 5.75 Å². The fourth-order valence-electron chi connectivity index (χ4n) is 2.94. The fourth-order valence-corrected chi connectivity index (χ4v) is 2.94. The molecule has 0 aliphatic heterocycles. The van der Waals surface area contributed by atoms with Gasteiger partial charge in [0.15, 0.2) is 11.6 Å². The van der Waals surface area contributed by atoms with Gasteiger partial charge in [-0.05, 0) is 30.3 Å². The third-order valence-corrected chi connectivity index (χ3v) is 4.05. The number of carbonyl (C=O) groups excluding carboxylic acids is 2. The van der Waals surface area contributed by atoms with E-state index >= 15 is 0 Å². The Hall–Kier alpha value is -3.40. The molecule has 0 fully saturated rings. The molecule has 4 rings (SSSR count). The zero-order chi connectivity index (χ0) is 16.7. The number of carbonyl (C=O) groups is 2. The topological polar surface area (TPSA) is 66.4 Å². The Kier molecular flexibility index (Phi) is 3.17. The highest BCUT2D eigenvalue weighted by atomic mass is 16.3. The molecule has 0 atom stereocenters. The lowest BCUT2D eigenvalue weighted by Crippen LogP contribution is -2.22. The lowest BCUT2D eigenvalue weighted by molar-refractivity contribution is 0.0977. The van der Waals surface area contributed by atoms with E-state index in [0.717, 1.165) is 5.69 Å². The van der Waals surface area contributed by atoms with E-state index in [0.29, 0.717) is 16.8 Å². The zero-order valence-electron chi connectivity index (χ0n) is 12.5. The molecule has 0 heterocycles. The van der Waals surface area contributed by atoms with Gasteiger partial charge in [-0.2, -0.15) is 0 Å². The Morgan fingerprint density at radius 3 is 2.08 bits per heavy atom. The van der Waals surface area contributed by atoms with Gasteiger partial charge in [-0.25, -0.2) is 0 Å². The van der Waals surface area contributed by atoms with Gasteiger partial charge in [-0.3, -0.25) is 9.59 Å². The van der Waals surface area contributed by atoms with Gasteiger partial charge >= 0.3 is 0 Å². The first-order valence-corrected chi connectivity index (χ1v) is 7.44. The molecule has 3 aromatic carbocycles. The van der Waals surface area contributed by atoms with Crippen LogP contribution >= 0.6 is 0 Å². The average molecular weight is 314 g/mol. The average Bonchev–Trinajstić information content (AvgIpc) is 2.62. The van der Waals surface area contributed by atoms with Crippen molar-refractivity contribution in [2.75, 3.05) is 5.32 Å². The summed E-state index contributed by atoms with van der Waals surface area (Å²) in [5.74, 6) is -0.811. The van der Waals surface area contributed by atoms with Crippen molar-refractivity contribution in [2.24, 2.45) is 0 Å². The summed E-state index contributed by atoms with van der Waals surface area (Å²) in [5, 5.41) is 13.3. The van der Waals surface area contributed by atoms with Crippen molar-refractivity contribution >= 4 is 22.9 Å². The second-order valence-electron chi connectivity index (χ2n) is 5.50. The van der Waals surface area contributed by atoms with E-state index < -0.39 is 0 Å². The maximum atomic E-state index is 12.9. The summed E-state index contributed by atoms with van der Waals surface area (Å²) in [6, 6.07) is 19.7. The summed E-state index contributed by atoms with van der Waals surface area (Å²) >= 11 is 0. The van der Waals surface area contributed by atoms with E-state index in [-0.39, 0.29) is 28.4 Å². The molecule has 0 spiro atoms. The van der Waals surface area contributed by atoms with Crippen molar-refractivity contribution in [2.45, 2.75) is 0 Å². The number of hydrogen-bond donors (Lipinski definition) is 2. The molecule has 1 aliphatic carbocycles. The number of benzene rings is 3. The molecule has 24 heavy (non-hydrogen) atoms. The minimum atomic E-state index is -0.345. The van der Waals surface area contributed by atoms with Crippen LogP contribution in [0.5, 0.6) is 5.75 Å². The number of aromatic hydroxyl groups is 1. The van der Waals surface area contributed by atoms with Gasteiger partial charge in [0.25, 0.3) is 0 Å². The first-order valence-electron chi connectivity index (χ1n) is 7.44. The van der Waals surface area contributed by atoms with Crippen LogP contribution in [0.1, 0.15) is 31.8 Å². The SMILES string of the molecule is O=C1c2ccccc2C(=O)c2c(Nc3cc[c]cc3)ccc(O)c21. The molecule has 1 aliphatic rings. The predicted molar refractivity (Wildman–Crippen MR) is 90.0 cm³/mol.